The number of fused-ring (bicyclic) bond motifs is 3. The van der Waals surface area contributed by atoms with Crippen molar-refractivity contribution in [3.05, 3.63) is 58.1 Å². The predicted molar refractivity (Wildman–Crippen MR) is 145 cm³/mol. The Morgan fingerprint density at radius 1 is 1.05 bits per heavy atom. The van der Waals surface area contributed by atoms with Gasteiger partial charge in [0.2, 0.25) is 5.82 Å². The molecule has 232 valence electrons. The lowest BCUT2D eigenvalue weighted by molar-refractivity contribution is -0.147. The Kier molecular flexibility index (Phi) is 10.0. The molecule has 0 radical (unpaired) electrons. The molecule has 0 saturated heterocycles. The summed E-state index contributed by atoms with van der Waals surface area (Å²) >= 11 is 6.50. The van der Waals surface area contributed by atoms with Gasteiger partial charge in [-0.2, -0.15) is 13.2 Å². The fraction of sp³-hybridized carbons (Fsp3) is 0.429. The number of methoxy groups -OCH3 is 2. The van der Waals surface area contributed by atoms with Gasteiger partial charge in [0.25, 0.3) is 0 Å². The maximum Gasteiger partial charge on any atom is 0.452 e. The Hall–Kier alpha value is -4.04. The number of rotatable bonds is 11. The topological polar surface area (TPSA) is 120 Å². The highest BCUT2D eigenvalue weighted by molar-refractivity contribution is 6.30. The van der Waals surface area contributed by atoms with Crippen LogP contribution in [0.4, 0.5) is 13.2 Å². The van der Waals surface area contributed by atoms with Gasteiger partial charge in [-0.3, -0.25) is 14.2 Å². The molecule has 0 saturated carbocycles. The highest BCUT2D eigenvalue weighted by atomic mass is 35.5. The zero-order valence-electron chi connectivity index (χ0n) is 23.7. The number of aromatic nitrogens is 3. The molecule has 43 heavy (non-hydrogen) atoms. The second-order valence-electron chi connectivity index (χ2n) is 9.20. The van der Waals surface area contributed by atoms with Crippen LogP contribution in [0.25, 0.3) is 5.69 Å². The number of nitrogens with zero attached hydrogens (tertiary/aromatic N) is 3. The number of benzene rings is 2. The van der Waals surface area contributed by atoms with E-state index in [9.17, 15) is 22.8 Å². The van der Waals surface area contributed by atoms with Gasteiger partial charge in [0.1, 0.15) is 18.0 Å². The van der Waals surface area contributed by atoms with Crippen molar-refractivity contribution in [1.29, 1.82) is 0 Å². The van der Waals surface area contributed by atoms with Crippen LogP contribution in [0.2, 0.25) is 5.02 Å². The third-order valence-corrected chi connectivity index (χ3v) is 6.55. The van der Waals surface area contributed by atoms with E-state index < -0.39 is 42.6 Å². The third-order valence-electron chi connectivity index (χ3n) is 6.33. The Morgan fingerprint density at radius 2 is 1.81 bits per heavy atom. The molecule has 3 aromatic rings. The number of para-hydroxylation sites is 1. The lowest BCUT2D eigenvalue weighted by atomic mass is 9.97. The zero-order valence-corrected chi connectivity index (χ0v) is 24.5. The summed E-state index contributed by atoms with van der Waals surface area (Å²) in [6.45, 7) is 2.88. The minimum atomic E-state index is -4.96. The minimum absolute atomic E-state index is 0.0259. The van der Waals surface area contributed by atoms with E-state index in [4.69, 9.17) is 40.0 Å². The van der Waals surface area contributed by atoms with Crippen molar-refractivity contribution in [1.82, 2.24) is 14.8 Å². The molecular weight excluding hydrogens is 599 g/mol. The van der Waals surface area contributed by atoms with Crippen LogP contribution >= 0.6 is 11.6 Å². The maximum atomic E-state index is 14.4. The minimum Gasteiger partial charge on any atom is -0.493 e. The van der Waals surface area contributed by atoms with Gasteiger partial charge in [0, 0.05) is 35.6 Å². The molecule has 0 fully saturated rings. The van der Waals surface area contributed by atoms with E-state index in [1.165, 1.54) is 33.3 Å². The molecule has 15 heteroatoms. The molecule has 1 aliphatic rings. The van der Waals surface area contributed by atoms with Crippen LogP contribution in [0.1, 0.15) is 61.7 Å². The molecule has 1 aromatic heterocycles. The predicted octanol–water partition coefficient (Wildman–Crippen LogP) is 5.40. The number of alkyl halides is 3. The Labute approximate surface area is 249 Å². The summed E-state index contributed by atoms with van der Waals surface area (Å²) in [7, 11) is 2.84. The monoisotopic (exact) mass is 627 g/mol. The van der Waals surface area contributed by atoms with E-state index in [0.717, 1.165) is 4.57 Å². The van der Waals surface area contributed by atoms with Gasteiger partial charge in [-0.05, 0) is 19.1 Å². The fourth-order valence-electron chi connectivity index (χ4n) is 4.68. The first-order valence-electron chi connectivity index (χ1n) is 13.1. The largest absolute Gasteiger partial charge is 0.493 e. The van der Waals surface area contributed by atoms with E-state index in [-0.39, 0.29) is 59.8 Å². The highest BCUT2D eigenvalue weighted by Gasteiger charge is 2.45. The van der Waals surface area contributed by atoms with Crippen molar-refractivity contribution < 1.29 is 51.2 Å². The first-order chi connectivity index (χ1) is 20.5. The average molecular weight is 628 g/mol. The summed E-state index contributed by atoms with van der Waals surface area (Å²) in [5, 5.41) is 7.38. The van der Waals surface area contributed by atoms with Crippen LogP contribution in [0.3, 0.4) is 0 Å². The number of hydrogen-bond donors (Lipinski definition) is 0. The Bertz CT molecular complexity index is 1480. The number of esters is 2. The molecule has 0 spiro atoms. The van der Waals surface area contributed by atoms with Crippen LogP contribution in [0.15, 0.2) is 30.3 Å². The molecule has 0 N–H and O–H groups in total. The summed E-state index contributed by atoms with van der Waals surface area (Å²) in [4.78, 5) is 23.8. The van der Waals surface area contributed by atoms with Crippen molar-refractivity contribution in [3.8, 4) is 22.9 Å². The number of ether oxygens (including phenoxy) is 6. The quantitative estimate of drug-likeness (QED) is 0.202. The van der Waals surface area contributed by atoms with E-state index in [0.29, 0.717) is 11.3 Å². The van der Waals surface area contributed by atoms with Crippen molar-refractivity contribution in [2.45, 2.75) is 45.1 Å². The standard InChI is InChI=1S/C28H29ClF3N3O8/c1-5-40-22(37)14-21-26-33-34-27(28(30,31)32)35(26)23-18(12-16(29)13-20(23)42-11-7-10-41-15(2)36)24(43-21)17-8-6-9-19(38-3)25(17)39-4/h6,8-9,12-13,21,24H,5,7,10-11,14H2,1-4H3/t21-,24-/m0/s1. The zero-order chi connectivity index (χ0) is 31.3. The molecule has 0 amide bonds. The van der Waals surface area contributed by atoms with Crippen LogP contribution in [-0.4, -0.2) is 60.7 Å². The fourth-order valence-corrected chi connectivity index (χ4v) is 4.89. The Balaban J connectivity index is 1.98. The number of halogens is 4. The first-order valence-corrected chi connectivity index (χ1v) is 13.5. The highest BCUT2D eigenvalue weighted by Crippen LogP contribution is 2.49. The molecule has 4 rings (SSSR count). The summed E-state index contributed by atoms with van der Waals surface area (Å²) in [5.74, 6) is -2.36. The van der Waals surface area contributed by atoms with E-state index in [2.05, 4.69) is 10.2 Å². The first kappa shape index (κ1) is 31.9. The van der Waals surface area contributed by atoms with E-state index >= 15 is 0 Å². The van der Waals surface area contributed by atoms with Gasteiger partial charge in [0.15, 0.2) is 17.3 Å². The van der Waals surface area contributed by atoms with Crippen LogP contribution < -0.4 is 14.2 Å². The molecular formula is C28H29ClF3N3O8. The molecule has 11 nitrogen and oxygen atoms in total. The third kappa shape index (κ3) is 6.96. The van der Waals surface area contributed by atoms with Gasteiger partial charge in [-0.1, -0.05) is 23.7 Å². The smallest absolute Gasteiger partial charge is 0.452 e. The molecule has 2 aromatic carbocycles. The van der Waals surface area contributed by atoms with Crippen LogP contribution in [0.5, 0.6) is 17.2 Å². The molecule has 2 atom stereocenters. The lowest BCUT2D eigenvalue weighted by Crippen LogP contribution is -2.19. The number of carbonyl (C=O) groups is 2. The van der Waals surface area contributed by atoms with Crippen molar-refractivity contribution in [2.75, 3.05) is 34.0 Å². The van der Waals surface area contributed by atoms with Crippen molar-refractivity contribution in [3.63, 3.8) is 0 Å². The number of hydrogen-bond acceptors (Lipinski definition) is 10. The normalized spacial score (nSPS) is 16.0. The number of carbonyl (C=O) groups excluding carboxylic acids is 2. The summed E-state index contributed by atoms with van der Waals surface area (Å²) in [6, 6.07) is 7.73. The van der Waals surface area contributed by atoms with Gasteiger partial charge in [0.05, 0.1) is 46.1 Å². The van der Waals surface area contributed by atoms with Gasteiger partial charge < -0.3 is 28.4 Å². The van der Waals surface area contributed by atoms with Crippen molar-refractivity contribution >= 4 is 23.5 Å². The summed E-state index contributed by atoms with van der Waals surface area (Å²) < 4.78 is 77.4. The molecule has 2 heterocycles. The summed E-state index contributed by atoms with van der Waals surface area (Å²) in [5.41, 5.74) is 0.407. The van der Waals surface area contributed by atoms with Gasteiger partial charge in [-0.15, -0.1) is 10.2 Å². The Morgan fingerprint density at radius 3 is 2.47 bits per heavy atom. The second kappa shape index (κ2) is 13.5. The van der Waals surface area contributed by atoms with Crippen LogP contribution in [0, 0.1) is 0 Å². The second-order valence-corrected chi connectivity index (χ2v) is 9.63. The SMILES string of the molecule is CCOC(=O)C[C@@H]1O[C@@H](c2cccc(OC)c2OC)c2cc(Cl)cc(OCCCOC(C)=O)c2-n2c1nnc2C(F)(F)F. The van der Waals surface area contributed by atoms with E-state index in [1.54, 1.807) is 25.1 Å². The van der Waals surface area contributed by atoms with Crippen molar-refractivity contribution in [2.24, 2.45) is 0 Å². The molecule has 0 bridgehead atoms. The lowest BCUT2D eigenvalue weighted by Gasteiger charge is -2.25. The van der Waals surface area contributed by atoms with Gasteiger partial charge in [-0.25, -0.2) is 0 Å². The molecule has 0 aliphatic carbocycles. The van der Waals surface area contributed by atoms with Gasteiger partial charge >= 0.3 is 18.1 Å². The van der Waals surface area contributed by atoms with E-state index in [1.807, 2.05) is 0 Å². The summed E-state index contributed by atoms with van der Waals surface area (Å²) in [6.07, 6.45) is -7.73. The molecule has 1 aliphatic heterocycles. The molecule has 0 unspecified atom stereocenters. The van der Waals surface area contributed by atoms with Crippen LogP contribution in [-0.2, 0) is 30.0 Å². The average Bonchev–Trinajstić information content (AvgIpc) is 3.35. The maximum absolute atomic E-state index is 14.4.